The Morgan fingerprint density at radius 1 is 1.03 bits per heavy atom. The Bertz CT molecular complexity index is 748. The molecule has 4 aliphatic rings. The molecule has 0 radical (unpaired) electrons. The van der Waals surface area contributed by atoms with Crippen molar-refractivity contribution in [2.75, 3.05) is 0 Å². The molecule has 0 amide bonds. The maximum absolute atomic E-state index is 13.3. The molecule has 29 heavy (non-hydrogen) atoms. The van der Waals surface area contributed by atoms with Crippen molar-refractivity contribution in [3.63, 3.8) is 0 Å². The molecule has 5 nitrogen and oxygen atoms in total. The van der Waals surface area contributed by atoms with Gasteiger partial charge in [-0.3, -0.25) is 4.79 Å². The van der Waals surface area contributed by atoms with Crippen molar-refractivity contribution < 1.29 is 4.79 Å². The Morgan fingerprint density at radius 2 is 1.83 bits per heavy atom. The topological polar surface area (TPSA) is 60.7 Å². The molecule has 1 heterocycles. The van der Waals surface area contributed by atoms with Gasteiger partial charge in [-0.15, -0.1) is 10.2 Å². The highest BCUT2D eigenvalue weighted by atomic mass is 16.1. The van der Waals surface area contributed by atoms with E-state index in [0.717, 1.165) is 36.0 Å². The monoisotopic (exact) mass is 398 g/mol. The quantitative estimate of drug-likeness (QED) is 0.724. The molecule has 0 unspecified atom stereocenters. The lowest BCUT2D eigenvalue weighted by atomic mass is 9.41. The summed E-state index contributed by atoms with van der Waals surface area (Å²) in [4.78, 5) is 14.8. The Labute approximate surface area is 175 Å². The van der Waals surface area contributed by atoms with Gasteiger partial charge in [-0.1, -0.05) is 33.6 Å². The number of fused-ring (bicyclic) bond motifs is 5. The Morgan fingerprint density at radius 3 is 2.62 bits per heavy atom. The van der Waals surface area contributed by atoms with E-state index in [-0.39, 0.29) is 11.3 Å². The molecule has 0 aliphatic heterocycles. The van der Waals surface area contributed by atoms with Crippen LogP contribution in [0.3, 0.4) is 0 Å². The molecule has 5 heteroatoms. The van der Waals surface area contributed by atoms with Crippen molar-refractivity contribution >= 4 is 5.78 Å². The molecule has 160 valence electrons. The van der Waals surface area contributed by atoms with Gasteiger partial charge in [-0.2, -0.15) is 4.80 Å². The molecule has 1 aromatic heterocycles. The van der Waals surface area contributed by atoms with Gasteiger partial charge in [0.2, 0.25) is 0 Å². The van der Waals surface area contributed by atoms with Gasteiger partial charge in [0.15, 0.2) is 12.1 Å². The number of carbonyl (C=O) groups is 1. The smallest absolute Gasteiger partial charge is 0.162 e. The largest absolute Gasteiger partial charge is 0.297 e. The first-order valence-electron chi connectivity index (χ1n) is 12.2. The van der Waals surface area contributed by atoms with Gasteiger partial charge in [0.05, 0.1) is 0 Å². The average molecular weight is 399 g/mol. The van der Waals surface area contributed by atoms with E-state index in [2.05, 4.69) is 36.2 Å². The highest BCUT2D eigenvalue weighted by Gasteiger charge is 2.59. The highest BCUT2D eigenvalue weighted by Crippen LogP contribution is 2.66. The average Bonchev–Trinajstić information content (AvgIpc) is 3.20. The zero-order valence-electron chi connectivity index (χ0n) is 18.5. The van der Waals surface area contributed by atoms with E-state index in [1.165, 1.54) is 68.9 Å². The van der Waals surface area contributed by atoms with Crippen molar-refractivity contribution in [2.24, 2.45) is 46.3 Å². The number of tetrazole rings is 1. The number of Topliss-reactive ketones (excluding diaryl/α,β-unsaturated/α-hetero) is 1. The number of rotatable bonds is 3. The second kappa shape index (κ2) is 7.16. The summed E-state index contributed by atoms with van der Waals surface area (Å²) in [5, 5.41) is 11.8. The molecular formula is C24H38N4O. The minimum Gasteiger partial charge on any atom is -0.297 e. The van der Waals surface area contributed by atoms with E-state index in [1.54, 1.807) is 0 Å². The fourth-order valence-corrected chi connectivity index (χ4v) is 8.71. The molecule has 0 saturated heterocycles. The van der Waals surface area contributed by atoms with Crippen LogP contribution < -0.4 is 0 Å². The third-order valence-corrected chi connectivity index (χ3v) is 10.2. The number of aromatic nitrogens is 4. The lowest BCUT2D eigenvalue weighted by Crippen LogP contribution is -2.57. The van der Waals surface area contributed by atoms with Crippen molar-refractivity contribution in [1.82, 2.24) is 20.2 Å². The fraction of sp³-hybridized carbons (Fsp3) is 0.917. The molecule has 1 aromatic rings. The predicted molar refractivity (Wildman–Crippen MR) is 112 cm³/mol. The number of hydrogen-bond acceptors (Lipinski definition) is 4. The highest BCUT2D eigenvalue weighted by molar-refractivity contribution is 5.81. The Kier molecular flexibility index (Phi) is 4.86. The van der Waals surface area contributed by atoms with Crippen LogP contribution in [0.5, 0.6) is 0 Å². The lowest BCUT2D eigenvalue weighted by molar-refractivity contribution is -0.157. The Balaban J connectivity index is 1.38. The number of ketones is 1. The molecule has 4 saturated carbocycles. The first-order valence-corrected chi connectivity index (χ1v) is 12.2. The van der Waals surface area contributed by atoms with Gasteiger partial charge in [0.25, 0.3) is 0 Å². The second-order valence-corrected chi connectivity index (χ2v) is 11.5. The van der Waals surface area contributed by atoms with E-state index in [1.807, 2.05) is 0 Å². The summed E-state index contributed by atoms with van der Waals surface area (Å²) >= 11 is 0. The fourth-order valence-electron chi connectivity index (χ4n) is 8.71. The minimum absolute atomic E-state index is 0.169. The molecular weight excluding hydrogens is 360 g/mol. The second-order valence-electron chi connectivity index (χ2n) is 11.5. The van der Waals surface area contributed by atoms with E-state index in [9.17, 15) is 4.79 Å². The molecule has 4 fully saturated rings. The van der Waals surface area contributed by atoms with Gasteiger partial charge in [-0.05, 0) is 97.0 Å². The molecule has 4 aliphatic carbocycles. The normalized spacial score (nSPS) is 47.0. The molecule has 0 N–H and O–H groups in total. The van der Waals surface area contributed by atoms with Crippen LogP contribution >= 0.6 is 0 Å². The van der Waals surface area contributed by atoms with Gasteiger partial charge >= 0.3 is 0 Å². The standard InChI is InChI=1S/C24H38N4O/c1-16-9-11-23(2)17(13-16)7-8-18-19-5-4-6-21(24(19,3)12-10-20(18)23)22(29)14-28-26-15-25-27-28/h15-21H,4-14H2,1-3H3/t16-,17-,18-,19-,20-,21+,23-,24-/m0/s1. The van der Waals surface area contributed by atoms with Gasteiger partial charge in [0, 0.05) is 5.92 Å². The van der Waals surface area contributed by atoms with Crippen LogP contribution in [0.1, 0.15) is 85.0 Å². The summed E-state index contributed by atoms with van der Waals surface area (Å²) in [6, 6.07) is 0. The molecule has 0 spiro atoms. The summed E-state index contributed by atoms with van der Waals surface area (Å²) in [5.74, 6) is 4.81. The molecule has 5 rings (SSSR count). The zero-order valence-corrected chi connectivity index (χ0v) is 18.5. The summed E-state index contributed by atoms with van der Waals surface area (Å²) in [6.07, 6.45) is 14.7. The number of hydrogen-bond donors (Lipinski definition) is 0. The van der Waals surface area contributed by atoms with Crippen LogP contribution in [0.25, 0.3) is 0 Å². The van der Waals surface area contributed by atoms with Gasteiger partial charge in [-0.25, -0.2) is 0 Å². The maximum Gasteiger partial charge on any atom is 0.162 e. The maximum atomic E-state index is 13.3. The molecule has 0 aromatic carbocycles. The van der Waals surface area contributed by atoms with Crippen molar-refractivity contribution in [3.8, 4) is 0 Å². The van der Waals surface area contributed by atoms with Crippen LogP contribution in [0.2, 0.25) is 0 Å². The summed E-state index contributed by atoms with van der Waals surface area (Å²) in [5.41, 5.74) is 0.723. The van der Waals surface area contributed by atoms with Gasteiger partial charge < -0.3 is 0 Å². The third-order valence-electron chi connectivity index (χ3n) is 10.2. The van der Waals surface area contributed by atoms with E-state index < -0.39 is 0 Å². The van der Waals surface area contributed by atoms with Crippen LogP contribution in [-0.2, 0) is 11.3 Å². The summed E-state index contributed by atoms with van der Waals surface area (Å²) < 4.78 is 0. The van der Waals surface area contributed by atoms with Crippen molar-refractivity contribution in [2.45, 2.75) is 91.5 Å². The van der Waals surface area contributed by atoms with Crippen molar-refractivity contribution in [1.29, 1.82) is 0 Å². The van der Waals surface area contributed by atoms with Crippen LogP contribution in [-0.4, -0.2) is 26.0 Å². The number of nitrogens with zero attached hydrogens (tertiary/aromatic N) is 4. The predicted octanol–water partition coefficient (Wildman–Crippen LogP) is 4.93. The van der Waals surface area contributed by atoms with Crippen molar-refractivity contribution in [3.05, 3.63) is 6.33 Å². The molecule has 0 bridgehead atoms. The van der Waals surface area contributed by atoms with E-state index in [4.69, 9.17) is 0 Å². The first kappa shape index (κ1) is 19.7. The third kappa shape index (κ3) is 3.09. The van der Waals surface area contributed by atoms with Crippen LogP contribution in [0.15, 0.2) is 6.33 Å². The number of carbonyl (C=O) groups excluding carboxylic acids is 1. The van der Waals surface area contributed by atoms with Crippen LogP contribution in [0.4, 0.5) is 0 Å². The SMILES string of the molecule is C[C@H]1CC[C@@]2(C)[C@@H](CC[C@@H]3[C@@H]2CC[C@]2(C)[C@@H](C(=O)Cn4ncnn4)CCC[C@@H]32)C1. The first-order chi connectivity index (χ1) is 13.9. The van der Waals surface area contributed by atoms with Gasteiger partial charge in [0.1, 0.15) is 6.54 Å². The van der Waals surface area contributed by atoms with E-state index >= 15 is 0 Å². The zero-order chi connectivity index (χ0) is 20.2. The minimum atomic E-state index is 0.169. The molecule has 8 atom stereocenters. The lowest BCUT2D eigenvalue weighted by Gasteiger charge is -2.63. The summed E-state index contributed by atoms with van der Waals surface area (Å²) in [7, 11) is 0. The van der Waals surface area contributed by atoms with Crippen LogP contribution in [0, 0.1) is 46.3 Å². The summed E-state index contributed by atoms with van der Waals surface area (Å²) in [6.45, 7) is 7.86. The Hall–Kier alpha value is -1.26. The van der Waals surface area contributed by atoms with E-state index in [0.29, 0.717) is 17.7 Å².